The number of nitrogens with one attached hydrogen (secondary N) is 1. The van der Waals surface area contributed by atoms with Crippen LogP contribution in [0.4, 0.5) is 0 Å². The molecular formula is C23H24N6O2. The Balaban J connectivity index is 1.31. The second-order valence-electron chi connectivity index (χ2n) is 9.67. The molecule has 0 aliphatic heterocycles. The first-order valence-corrected chi connectivity index (χ1v) is 10.9. The largest absolute Gasteiger partial charge is 0.420 e. The molecule has 4 fully saturated rings. The summed E-state index contributed by atoms with van der Waals surface area (Å²) in [5, 5.41) is 12.2. The predicted octanol–water partition coefficient (Wildman–Crippen LogP) is 3.25. The highest BCUT2D eigenvalue weighted by Crippen LogP contribution is 2.62. The first-order valence-electron chi connectivity index (χ1n) is 10.9. The van der Waals surface area contributed by atoms with Crippen molar-refractivity contribution in [1.82, 2.24) is 30.5 Å². The van der Waals surface area contributed by atoms with E-state index in [9.17, 15) is 4.79 Å². The topological polar surface area (TPSA) is 107 Å². The molecular weight excluding hydrogens is 392 g/mol. The molecule has 3 heterocycles. The van der Waals surface area contributed by atoms with Gasteiger partial charge in [-0.1, -0.05) is 0 Å². The molecule has 0 saturated heterocycles. The quantitative estimate of drug-likeness (QED) is 0.696. The number of carbonyl (C=O) groups excluding carboxylic acids is 1. The van der Waals surface area contributed by atoms with Gasteiger partial charge in [-0.2, -0.15) is 0 Å². The number of nitrogens with zero attached hydrogens (tertiary/aromatic N) is 5. The number of rotatable bonds is 4. The molecule has 4 aliphatic rings. The molecule has 4 bridgehead atoms. The second-order valence-corrected chi connectivity index (χ2v) is 9.67. The van der Waals surface area contributed by atoms with E-state index >= 15 is 0 Å². The molecule has 31 heavy (non-hydrogen) atoms. The van der Waals surface area contributed by atoms with Crippen LogP contribution in [0.5, 0.6) is 0 Å². The number of aromatic nitrogens is 5. The smallest absolute Gasteiger partial charge is 0.271 e. The average molecular weight is 416 g/mol. The zero-order valence-corrected chi connectivity index (χ0v) is 17.4. The van der Waals surface area contributed by atoms with Gasteiger partial charge in [0.2, 0.25) is 11.8 Å². The zero-order chi connectivity index (χ0) is 21.1. The monoisotopic (exact) mass is 416 g/mol. The highest BCUT2D eigenvalue weighted by molar-refractivity contribution is 5.92. The Kier molecular flexibility index (Phi) is 4.00. The molecule has 3 aromatic heterocycles. The summed E-state index contributed by atoms with van der Waals surface area (Å²) in [6.45, 7) is 1.95. The molecule has 2 unspecified atom stereocenters. The van der Waals surface area contributed by atoms with Crippen molar-refractivity contribution in [3.63, 3.8) is 0 Å². The van der Waals surface area contributed by atoms with E-state index in [2.05, 4.69) is 30.5 Å². The highest BCUT2D eigenvalue weighted by atomic mass is 16.4. The van der Waals surface area contributed by atoms with Gasteiger partial charge in [-0.3, -0.25) is 14.8 Å². The molecule has 0 aromatic carbocycles. The SMILES string of the molecule is Cc1ccc(-c2nnc(C34CC5CC(CC(NC(=O)c6cnccn6)(C5)C3)C4)o2)cn1. The van der Waals surface area contributed by atoms with Crippen LogP contribution >= 0.6 is 0 Å². The third-order valence-corrected chi connectivity index (χ3v) is 7.27. The van der Waals surface area contributed by atoms with Gasteiger partial charge < -0.3 is 9.73 Å². The summed E-state index contributed by atoms with van der Waals surface area (Å²) in [6.07, 6.45) is 12.5. The third-order valence-electron chi connectivity index (χ3n) is 7.27. The number of amides is 1. The minimum absolute atomic E-state index is 0.151. The van der Waals surface area contributed by atoms with Gasteiger partial charge in [0, 0.05) is 29.8 Å². The van der Waals surface area contributed by atoms with E-state index in [0.717, 1.165) is 43.4 Å². The Labute approximate surface area is 179 Å². The summed E-state index contributed by atoms with van der Waals surface area (Å²) >= 11 is 0. The van der Waals surface area contributed by atoms with Crippen LogP contribution in [0.1, 0.15) is 60.6 Å². The maximum absolute atomic E-state index is 12.9. The Hall–Kier alpha value is -3.16. The summed E-state index contributed by atoms with van der Waals surface area (Å²) in [5.74, 6) is 2.17. The average Bonchev–Trinajstić information content (AvgIpc) is 3.25. The van der Waals surface area contributed by atoms with Crippen molar-refractivity contribution >= 4 is 5.91 Å². The number of hydrogen-bond acceptors (Lipinski definition) is 7. The summed E-state index contributed by atoms with van der Waals surface area (Å²) < 4.78 is 6.23. The molecule has 4 aliphatic carbocycles. The van der Waals surface area contributed by atoms with Crippen LogP contribution in [0, 0.1) is 18.8 Å². The molecule has 7 rings (SSSR count). The summed E-state index contributed by atoms with van der Waals surface area (Å²) in [7, 11) is 0. The van der Waals surface area contributed by atoms with Crippen molar-refractivity contribution in [3.05, 3.63) is 54.2 Å². The Morgan fingerprint density at radius 1 is 1.06 bits per heavy atom. The maximum Gasteiger partial charge on any atom is 0.271 e. The molecule has 4 saturated carbocycles. The van der Waals surface area contributed by atoms with Gasteiger partial charge in [0.25, 0.3) is 5.91 Å². The molecule has 1 N–H and O–H groups in total. The molecule has 0 radical (unpaired) electrons. The van der Waals surface area contributed by atoms with Crippen LogP contribution in [0.15, 0.2) is 41.3 Å². The van der Waals surface area contributed by atoms with E-state index in [4.69, 9.17) is 4.42 Å². The van der Waals surface area contributed by atoms with Crippen LogP contribution in [0.25, 0.3) is 11.5 Å². The molecule has 2 atom stereocenters. The third kappa shape index (κ3) is 3.12. The molecule has 1 amide bonds. The Bertz CT molecular complexity index is 1110. The normalized spacial score (nSPS) is 31.0. The lowest BCUT2D eigenvalue weighted by Crippen LogP contribution is -2.64. The first-order chi connectivity index (χ1) is 15.0. The Morgan fingerprint density at radius 3 is 2.61 bits per heavy atom. The number of aryl methyl sites for hydroxylation is 1. The number of carbonyl (C=O) groups is 1. The van der Waals surface area contributed by atoms with Gasteiger partial charge >= 0.3 is 0 Å². The van der Waals surface area contributed by atoms with Crippen molar-refractivity contribution < 1.29 is 9.21 Å². The van der Waals surface area contributed by atoms with Crippen LogP contribution in [0.3, 0.4) is 0 Å². The van der Waals surface area contributed by atoms with E-state index in [1.165, 1.54) is 12.6 Å². The fraction of sp³-hybridized carbons (Fsp3) is 0.478. The van der Waals surface area contributed by atoms with Crippen molar-refractivity contribution in [2.75, 3.05) is 0 Å². The van der Waals surface area contributed by atoms with Gasteiger partial charge in [0.1, 0.15) is 5.69 Å². The minimum Gasteiger partial charge on any atom is -0.420 e. The Morgan fingerprint density at radius 2 is 1.90 bits per heavy atom. The number of pyridine rings is 1. The van der Waals surface area contributed by atoms with E-state index in [1.807, 2.05) is 19.1 Å². The van der Waals surface area contributed by atoms with Crippen molar-refractivity contribution in [1.29, 1.82) is 0 Å². The molecule has 3 aromatic rings. The summed E-state index contributed by atoms with van der Waals surface area (Å²) in [5.41, 5.74) is 1.71. The van der Waals surface area contributed by atoms with Crippen LogP contribution in [0.2, 0.25) is 0 Å². The van der Waals surface area contributed by atoms with Crippen LogP contribution in [-0.2, 0) is 5.41 Å². The summed E-state index contributed by atoms with van der Waals surface area (Å²) in [4.78, 5) is 25.5. The fourth-order valence-electron chi connectivity index (χ4n) is 6.53. The summed E-state index contributed by atoms with van der Waals surface area (Å²) in [6, 6.07) is 3.91. The lowest BCUT2D eigenvalue weighted by Gasteiger charge is -2.60. The maximum atomic E-state index is 12.9. The molecule has 0 spiro atoms. The molecule has 8 nitrogen and oxygen atoms in total. The second kappa shape index (κ2) is 6.67. The van der Waals surface area contributed by atoms with E-state index < -0.39 is 0 Å². The van der Waals surface area contributed by atoms with E-state index in [0.29, 0.717) is 29.3 Å². The molecule has 8 heteroatoms. The van der Waals surface area contributed by atoms with Crippen molar-refractivity contribution in [3.8, 4) is 11.5 Å². The van der Waals surface area contributed by atoms with Gasteiger partial charge in [-0.05, 0) is 69.4 Å². The lowest BCUT2D eigenvalue weighted by atomic mass is 9.46. The van der Waals surface area contributed by atoms with Crippen molar-refractivity contribution in [2.24, 2.45) is 11.8 Å². The standard InChI is InChI=1S/C23H24N6O2/c1-14-2-3-17(11-26-14)20-28-29-21(31-20)22-7-15-6-16(8-22)10-23(9-15,13-22)27-19(30)18-12-24-4-5-25-18/h2-5,11-12,15-16H,6-10,13H2,1H3,(H,27,30). The van der Waals surface area contributed by atoms with Crippen molar-refractivity contribution in [2.45, 2.75) is 56.4 Å². The lowest BCUT2D eigenvalue weighted by molar-refractivity contribution is -0.0471. The van der Waals surface area contributed by atoms with E-state index in [-0.39, 0.29) is 16.9 Å². The van der Waals surface area contributed by atoms with Gasteiger partial charge in [0.05, 0.1) is 17.2 Å². The zero-order valence-electron chi connectivity index (χ0n) is 17.4. The highest BCUT2D eigenvalue weighted by Gasteiger charge is 2.60. The minimum atomic E-state index is -0.251. The van der Waals surface area contributed by atoms with Crippen LogP contribution in [-0.4, -0.2) is 36.6 Å². The van der Waals surface area contributed by atoms with Gasteiger partial charge in [-0.25, -0.2) is 4.98 Å². The van der Waals surface area contributed by atoms with E-state index in [1.54, 1.807) is 18.6 Å². The van der Waals surface area contributed by atoms with Crippen LogP contribution < -0.4 is 5.32 Å². The number of hydrogen-bond donors (Lipinski definition) is 1. The first kappa shape index (κ1) is 18.6. The molecule has 158 valence electrons. The fourth-order valence-corrected chi connectivity index (χ4v) is 6.53. The predicted molar refractivity (Wildman–Crippen MR) is 111 cm³/mol. The van der Waals surface area contributed by atoms with Gasteiger partial charge in [-0.15, -0.1) is 10.2 Å². The van der Waals surface area contributed by atoms with Gasteiger partial charge in [0.15, 0.2) is 0 Å².